The highest BCUT2D eigenvalue weighted by atomic mass is 19.4. The van der Waals surface area contributed by atoms with E-state index < -0.39 is 17.0 Å². The van der Waals surface area contributed by atoms with Crippen LogP contribution in [-0.2, 0) is 9.53 Å². The molecule has 1 aliphatic rings. The van der Waals surface area contributed by atoms with Crippen molar-refractivity contribution in [3.8, 4) is 0 Å². The van der Waals surface area contributed by atoms with Gasteiger partial charge in [0.1, 0.15) is 0 Å². The number of rotatable bonds is 1. The minimum absolute atomic E-state index is 0.0544. The Hall–Kier alpha value is -0.710. The molecule has 0 saturated carbocycles. The highest BCUT2D eigenvalue weighted by Crippen LogP contribution is 2.30. The van der Waals surface area contributed by atoms with E-state index in [-0.39, 0.29) is 12.8 Å². The predicted octanol–water partition coefficient (Wildman–Crippen LogP) is 1.11. The van der Waals surface area contributed by atoms with E-state index in [2.05, 4.69) is 4.74 Å². The number of nitrogens with zero attached hydrogens (tertiary/aromatic N) is 1. The number of halogens is 2. The van der Waals surface area contributed by atoms with Crippen LogP contribution in [-0.4, -0.2) is 17.0 Å². The van der Waals surface area contributed by atoms with Gasteiger partial charge < -0.3 is 4.74 Å². The maximum Gasteiger partial charge on any atom is 0.307 e. The molecule has 1 fully saturated rings. The van der Waals surface area contributed by atoms with Crippen LogP contribution in [0.4, 0.5) is 8.96 Å². The summed E-state index contributed by atoms with van der Waals surface area (Å²) in [6, 6.07) is 0. The second-order valence-corrected chi connectivity index (χ2v) is 2.38. The van der Waals surface area contributed by atoms with Gasteiger partial charge in [0, 0.05) is 6.42 Å². The third kappa shape index (κ3) is 1.09. The van der Waals surface area contributed by atoms with Crippen molar-refractivity contribution in [2.45, 2.75) is 25.5 Å². The highest BCUT2D eigenvalue weighted by molar-refractivity contribution is 5.71. The summed E-state index contributed by atoms with van der Waals surface area (Å²) in [5.41, 5.74) is -1.68. The van der Waals surface area contributed by atoms with Crippen molar-refractivity contribution < 1.29 is 18.5 Å². The zero-order chi connectivity index (χ0) is 7.78. The smallest absolute Gasteiger partial charge is 0.307 e. The van der Waals surface area contributed by atoms with Crippen LogP contribution in [0.15, 0.2) is 0 Å². The molecule has 1 atom stereocenters. The van der Waals surface area contributed by atoms with Crippen LogP contribution in [0.5, 0.6) is 0 Å². The lowest BCUT2D eigenvalue weighted by molar-refractivity contribution is -0.296. The van der Waals surface area contributed by atoms with Crippen molar-refractivity contribution in [1.29, 1.82) is 0 Å². The molecule has 1 saturated heterocycles. The quantitative estimate of drug-likeness (QED) is 0.415. The van der Waals surface area contributed by atoms with Gasteiger partial charge in [0.25, 0.3) is 0 Å². The molecule has 0 spiro atoms. The van der Waals surface area contributed by atoms with Gasteiger partial charge >= 0.3 is 5.97 Å². The first-order chi connectivity index (χ1) is 4.54. The Morgan fingerprint density at radius 2 is 2.30 bits per heavy atom. The van der Waals surface area contributed by atoms with Gasteiger partial charge in [-0.3, -0.25) is 4.79 Å². The minimum Gasteiger partial charge on any atom is -0.439 e. The first-order valence-corrected chi connectivity index (χ1v) is 2.88. The normalized spacial score (nSPS) is 33.0. The molecule has 0 radical (unpaired) electrons. The topological polar surface area (TPSA) is 29.5 Å². The number of carbonyl (C=O) groups is 1. The summed E-state index contributed by atoms with van der Waals surface area (Å²) in [6.45, 7) is 1.18. The van der Waals surface area contributed by atoms with Crippen LogP contribution in [0.3, 0.4) is 0 Å². The van der Waals surface area contributed by atoms with Gasteiger partial charge in [-0.15, -0.1) is 0 Å². The van der Waals surface area contributed by atoms with Crippen molar-refractivity contribution in [1.82, 2.24) is 5.34 Å². The molecular formula is C5H7F2NO2. The third-order valence-electron chi connectivity index (χ3n) is 1.48. The molecule has 0 amide bonds. The summed E-state index contributed by atoms with van der Waals surface area (Å²) in [5, 5.41) is -1.07. The summed E-state index contributed by atoms with van der Waals surface area (Å²) in [5.74, 6) is -0.567. The van der Waals surface area contributed by atoms with Crippen LogP contribution in [0.25, 0.3) is 0 Å². The van der Waals surface area contributed by atoms with E-state index in [0.717, 1.165) is 0 Å². The van der Waals surface area contributed by atoms with Crippen molar-refractivity contribution >= 4 is 5.97 Å². The molecule has 3 nitrogen and oxygen atoms in total. The molecule has 1 rings (SSSR count). The van der Waals surface area contributed by atoms with Gasteiger partial charge in [0.2, 0.25) is 5.72 Å². The Balaban J connectivity index is 2.63. The lowest BCUT2D eigenvalue weighted by Crippen LogP contribution is -2.35. The van der Waals surface area contributed by atoms with Crippen molar-refractivity contribution in [2.24, 2.45) is 0 Å². The lowest BCUT2D eigenvalue weighted by atomic mass is 10.2. The molecule has 58 valence electrons. The third-order valence-corrected chi connectivity index (χ3v) is 1.48. The minimum atomic E-state index is -1.68. The summed E-state index contributed by atoms with van der Waals surface area (Å²) in [6.07, 6.45) is 0.125. The number of hydrogen-bond acceptors (Lipinski definition) is 3. The van der Waals surface area contributed by atoms with Gasteiger partial charge in [0.05, 0.1) is 11.8 Å². The Morgan fingerprint density at radius 1 is 1.70 bits per heavy atom. The van der Waals surface area contributed by atoms with Gasteiger partial charge in [-0.05, 0) is 6.92 Å². The van der Waals surface area contributed by atoms with E-state index in [9.17, 15) is 13.8 Å². The summed E-state index contributed by atoms with van der Waals surface area (Å²) in [4.78, 5) is 10.4. The Morgan fingerprint density at radius 3 is 2.50 bits per heavy atom. The monoisotopic (exact) mass is 151 g/mol. The van der Waals surface area contributed by atoms with Gasteiger partial charge in [-0.1, -0.05) is 8.96 Å². The molecule has 0 aliphatic carbocycles. The first-order valence-electron chi connectivity index (χ1n) is 2.88. The molecule has 0 N–H and O–H groups in total. The largest absolute Gasteiger partial charge is 0.439 e. The highest BCUT2D eigenvalue weighted by Gasteiger charge is 2.43. The van der Waals surface area contributed by atoms with E-state index in [1.165, 1.54) is 6.92 Å². The molecule has 0 aromatic carbocycles. The van der Waals surface area contributed by atoms with Crippen molar-refractivity contribution in [3.05, 3.63) is 0 Å². The molecule has 0 aromatic rings. The number of carbonyl (C=O) groups excluding carboxylic acids is 1. The molecule has 0 aromatic heterocycles. The fourth-order valence-electron chi connectivity index (χ4n) is 0.800. The molecule has 5 heteroatoms. The number of ether oxygens (including phenoxy) is 1. The Kier molecular flexibility index (Phi) is 1.60. The maximum atomic E-state index is 11.9. The van der Waals surface area contributed by atoms with Crippen LogP contribution >= 0.6 is 0 Å². The number of hydrogen-bond donors (Lipinski definition) is 0. The van der Waals surface area contributed by atoms with Crippen LogP contribution in [0.2, 0.25) is 0 Å². The van der Waals surface area contributed by atoms with Crippen LogP contribution in [0, 0.1) is 0 Å². The van der Waals surface area contributed by atoms with Crippen molar-refractivity contribution in [2.75, 3.05) is 0 Å². The summed E-state index contributed by atoms with van der Waals surface area (Å²) < 4.78 is 28.1. The lowest BCUT2D eigenvalue weighted by Gasteiger charge is -2.20. The fraction of sp³-hybridized carbons (Fsp3) is 0.800. The molecule has 0 bridgehead atoms. The zero-order valence-electron chi connectivity index (χ0n) is 5.43. The van der Waals surface area contributed by atoms with Gasteiger partial charge in [0.15, 0.2) is 0 Å². The first kappa shape index (κ1) is 7.40. The zero-order valence-corrected chi connectivity index (χ0v) is 5.43. The molecular weight excluding hydrogens is 144 g/mol. The van der Waals surface area contributed by atoms with E-state index >= 15 is 0 Å². The van der Waals surface area contributed by atoms with E-state index in [4.69, 9.17) is 0 Å². The second kappa shape index (κ2) is 2.16. The van der Waals surface area contributed by atoms with Crippen LogP contribution in [0.1, 0.15) is 19.8 Å². The Labute approximate surface area is 56.4 Å². The molecule has 1 heterocycles. The average Bonchev–Trinajstić information content (AvgIpc) is 2.13. The maximum absolute atomic E-state index is 11.9. The standard InChI is InChI=1S/C5H7F2NO2/c1-5(8(6)7)3-2-4(9)10-5/h2-3H2,1H3. The number of esters is 1. The molecule has 10 heavy (non-hydrogen) atoms. The summed E-state index contributed by atoms with van der Waals surface area (Å²) >= 11 is 0. The van der Waals surface area contributed by atoms with E-state index in [1.807, 2.05) is 0 Å². The SMILES string of the molecule is CC1(N(F)F)CCC(=O)O1. The summed E-state index contributed by atoms with van der Waals surface area (Å²) in [7, 11) is 0. The molecule has 1 aliphatic heterocycles. The molecule has 1 unspecified atom stereocenters. The fourth-order valence-corrected chi connectivity index (χ4v) is 0.800. The number of cyclic esters (lactones) is 1. The van der Waals surface area contributed by atoms with Crippen LogP contribution < -0.4 is 0 Å². The van der Waals surface area contributed by atoms with Gasteiger partial charge in [-0.25, -0.2) is 0 Å². The predicted molar refractivity (Wildman–Crippen MR) is 27.8 cm³/mol. The Bertz CT molecular complexity index is 162. The van der Waals surface area contributed by atoms with Crippen molar-refractivity contribution in [3.63, 3.8) is 0 Å². The van der Waals surface area contributed by atoms with E-state index in [1.54, 1.807) is 0 Å². The second-order valence-electron chi connectivity index (χ2n) is 2.38. The average molecular weight is 151 g/mol. The van der Waals surface area contributed by atoms with Gasteiger partial charge in [-0.2, -0.15) is 0 Å². The van der Waals surface area contributed by atoms with E-state index in [0.29, 0.717) is 0 Å².